The summed E-state index contributed by atoms with van der Waals surface area (Å²) < 4.78 is 5.74. The average molecular weight is 312 g/mol. The zero-order chi connectivity index (χ0) is 16.1. The van der Waals surface area contributed by atoms with Crippen molar-refractivity contribution in [1.82, 2.24) is 10.3 Å². The molecule has 1 aromatic heterocycles. The third-order valence-electron chi connectivity index (χ3n) is 3.97. The van der Waals surface area contributed by atoms with Crippen LogP contribution < -0.4 is 10.1 Å². The van der Waals surface area contributed by atoms with E-state index in [1.54, 1.807) is 30.5 Å². The van der Waals surface area contributed by atoms with Crippen LogP contribution in [-0.2, 0) is 11.3 Å². The second-order valence-corrected chi connectivity index (χ2v) is 5.70. The first-order chi connectivity index (χ1) is 11.2. The van der Waals surface area contributed by atoms with Gasteiger partial charge in [0, 0.05) is 18.8 Å². The van der Waals surface area contributed by atoms with Gasteiger partial charge in [-0.15, -0.1) is 0 Å². The van der Waals surface area contributed by atoms with Gasteiger partial charge in [-0.1, -0.05) is 30.3 Å². The maximum atomic E-state index is 12.0. The van der Waals surface area contributed by atoms with Crippen LogP contribution in [-0.4, -0.2) is 22.1 Å². The van der Waals surface area contributed by atoms with Crippen molar-refractivity contribution < 1.29 is 14.6 Å². The minimum atomic E-state index is -1.16. The summed E-state index contributed by atoms with van der Waals surface area (Å²) in [4.78, 5) is 16.2. The maximum absolute atomic E-state index is 12.0. The molecule has 120 valence electrons. The molecule has 0 saturated heterocycles. The summed E-state index contributed by atoms with van der Waals surface area (Å²) in [5.41, 5.74) is 1.47. The number of ether oxygens (including phenoxy) is 1. The Hall–Kier alpha value is -2.40. The Balaban J connectivity index is 1.55. The highest BCUT2D eigenvalue weighted by Crippen LogP contribution is 2.24. The van der Waals surface area contributed by atoms with E-state index in [0.29, 0.717) is 18.0 Å². The molecule has 1 aliphatic carbocycles. The number of hydrogen-bond acceptors (Lipinski definition) is 4. The number of aliphatic hydroxyl groups is 1. The Labute approximate surface area is 135 Å². The molecule has 5 nitrogen and oxygen atoms in total. The zero-order valence-corrected chi connectivity index (χ0v) is 12.8. The molecule has 1 fully saturated rings. The van der Waals surface area contributed by atoms with E-state index in [4.69, 9.17) is 4.74 Å². The molecule has 2 aromatic rings. The fourth-order valence-electron chi connectivity index (χ4n) is 2.36. The highest BCUT2D eigenvalue weighted by Gasteiger charge is 2.20. The summed E-state index contributed by atoms with van der Waals surface area (Å²) in [7, 11) is 0. The number of carbonyl (C=O) groups excluding carboxylic acids is 1. The van der Waals surface area contributed by atoms with Crippen LogP contribution in [0.25, 0.3) is 0 Å². The van der Waals surface area contributed by atoms with Crippen LogP contribution >= 0.6 is 0 Å². The van der Waals surface area contributed by atoms with Gasteiger partial charge >= 0.3 is 0 Å². The fourth-order valence-corrected chi connectivity index (χ4v) is 2.36. The number of pyridine rings is 1. The summed E-state index contributed by atoms with van der Waals surface area (Å²) in [6.45, 7) is 0.326. The number of benzene rings is 1. The highest BCUT2D eigenvalue weighted by atomic mass is 16.5. The van der Waals surface area contributed by atoms with Gasteiger partial charge in [0.15, 0.2) is 6.10 Å². The Bertz CT molecular complexity index is 656. The Morgan fingerprint density at radius 3 is 2.78 bits per heavy atom. The topological polar surface area (TPSA) is 71.5 Å². The van der Waals surface area contributed by atoms with E-state index in [0.717, 1.165) is 18.4 Å². The van der Waals surface area contributed by atoms with Gasteiger partial charge in [0.25, 0.3) is 5.91 Å². The van der Waals surface area contributed by atoms with Crippen LogP contribution in [0.1, 0.15) is 36.5 Å². The molecule has 1 heterocycles. The van der Waals surface area contributed by atoms with Crippen LogP contribution in [0.15, 0.2) is 48.7 Å². The van der Waals surface area contributed by atoms with Crippen molar-refractivity contribution in [2.45, 2.75) is 38.0 Å². The smallest absolute Gasteiger partial charge is 0.253 e. The minimum Gasteiger partial charge on any atom is -0.474 e. The van der Waals surface area contributed by atoms with Crippen LogP contribution in [0, 0.1) is 0 Å². The van der Waals surface area contributed by atoms with Gasteiger partial charge in [0.2, 0.25) is 5.88 Å². The lowest BCUT2D eigenvalue weighted by molar-refractivity contribution is -0.129. The SMILES string of the molecule is O=C(NCc1ccnc(OC2CCC2)c1)[C@H](O)c1ccccc1. The van der Waals surface area contributed by atoms with Gasteiger partial charge in [-0.3, -0.25) is 4.79 Å². The van der Waals surface area contributed by atoms with Gasteiger partial charge in [0.05, 0.1) is 0 Å². The number of aromatic nitrogens is 1. The molecule has 0 bridgehead atoms. The van der Waals surface area contributed by atoms with E-state index < -0.39 is 12.0 Å². The lowest BCUT2D eigenvalue weighted by Gasteiger charge is -2.25. The summed E-state index contributed by atoms with van der Waals surface area (Å²) in [6, 6.07) is 12.5. The van der Waals surface area contributed by atoms with Gasteiger partial charge in [0.1, 0.15) is 6.10 Å². The Morgan fingerprint density at radius 1 is 1.30 bits per heavy atom. The molecule has 2 N–H and O–H groups in total. The highest BCUT2D eigenvalue weighted by molar-refractivity contribution is 5.81. The Kier molecular flexibility index (Phi) is 4.88. The third kappa shape index (κ3) is 4.07. The number of rotatable bonds is 6. The van der Waals surface area contributed by atoms with Crippen molar-refractivity contribution >= 4 is 5.91 Å². The third-order valence-corrected chi connectivity index (χ3v) is 3.97. The fraction of sp³-hybridized carbons (Fsp3) is 0.333. The first kappa shape index (κ1) is 15.5. The van der Waals surface area contributed by atoms with Crippen molar-refractivity contribution in [1.29, 1.82) is 0 Å². The molecule has 1 aliphatic rings. The number of nitrogens with one attached hydrogen (secondary N) is 1. The second kappa shape index (κ2) is 7.24. The van der Waals surface area contributed by atoms with Crippen molar-refractivity contribution in [2.24, 2.45) is 0 Å². The maximum Gasteiger partial charge on any atom is 0.253 e. The number of amides is 1. The molecule has 0 unspecified atom stereocenters. The quantitative estimate of drug-likeness (QED) is 0.859. The monoisotopic (exact) mass is 312 g/mol. The van der Waals surface area contributed by atoms with Gasteiger partial charge in [-0.2, -0.15) is 0 Å². The molecule has 23 heavy (non-hydrogen) atoms. The largest absolute Gasteiger partial charge is 0.474 e. The summed E-state index contributed by atoms with van der Waals surface area (Å²) in [5, 5.41) is 12.8. The van der Waals surface area contributed by atoms with Crippen LogP contribution in [0.4, 0.5) is 0 Å². The van der Waals surface area contributed by atoms with E-state index in [1.807, 2.05) is 18.2 Å². The van der Waals surface area contributed by atoms with Crippen molar-refractivity contribution in [3.05, 3.63) is 59.8 Å². The molecule has 3 rings (SSSR count). The predicted octanol–water partition coefficient (Wildman–Crippen LogP) is 2.36. The number of carbonyl (C=O) groups is 1. The molecule has 1 saturated carbocycles. The molecule has 0 aliphatic heterocycles. The van der Waals surface area contributed by atoms with Crippen molar-refractivity contribution in [2.75, 3.05) is 0 Å². The molecule has 0 spiro atoms. The predicted molar refractivity (Wildman–Crippen MR) is 85.8 cm³/mol. The summed E-state index contributed by atoms with van der Waals surface area (Å²) in [5.74, 6) is 0.166. The average Bonchev–Trinajstić information content (AvgIpc) is 2.56. The number of nitrogens with zero attached hydrogens (tertiary/aromatic N) is 1. The molecule has 5 heteroatoms. The number of hydrogen-bond donors (Lipinski definition) is 2. The van der Waals surface area contributed by atoms with E-state index in [-0.39, 0.29) is 6.10 Å². The lowest BCUT2D eigenvalue weighted by atomic mass is 9.96. The van der Waals surface area contributed by atoms with Crippen LogP contribution in [0.5, 0.6) is 5.88 Å². The van der Waals surface area contributed by atoms with E-state index in [2.05, 4.69) is 10.3 Å². The first-order valence-electron chi connectivity index (χ1n) is 7.84. The van der Waals surface area contributed by atoms with E-state index in [9.17, 15) is 9.90 Å². The van der Waals surface area contributed by atoms with Gasteiger partial charge in [-0.05, 0) is 36.5 Å². The van der Waals surface area contributed by atoms with Gasteiger partial charge in [-0.25, -0.2) is 4.98 Å². The Morgan fingerprint density at radius 2 is 2.09 bits per heavy atom. The number of aliphatic hydroxyl groups excluding tert-OH is 1. The molecular formula is C18H20N2O3. The van der Waals surface area contributed by atoms with Crippen LogP contribution in [0.3, 0.4) is 0 Å². The van der Waals surface area contributed by atoms with Crippen LogP contribution in [0.2, 0.25) is 0 Å². The minimum absolute atomic E-state index is 0.271. The lowest BCUT2D eigenvalue weighted by Crippen LogP contribution is -2.29. The van der Waals surface area contributed by atoms with E-state index >= 15 is 0 Å². The molecule has 0 radical (unpaired) electrons. The van der Waals surface area contributed by atoms with E-state index in [1.165, 1.54) is 6.42 Å². The molecule has 1 amide bonds. The standard InChI is InChI=1S/C18H20N2O3/c21-17(14-5-2-1-3-6-14)18(22)20-12-13-9-10-19-16(11-13)23-15-7-4-8-15/h1-3,5-6,9-11,15,17,21H,4,7-8,12H2,(H,20,22)/t17-/m1/s1. The first-order valence-corrected chi connectivity index (χ1v) is 7.84. The molecule has 1 atom stereocenters. The molecule has 1 aromatic carbocycles. The molecular weight excluding hydrogens is 292 g/mol. The summed E-state index contributed by atoms with van der Waals surface area (Å²) >= 11 is 0. The van der Waals surface area contributed by atoms with Crippen molar-refractivity contribution in [3.63, 3.8) is 0 Å². The zero-order valence-electron chi connectivity index (χ0n) is 12.8. The second-order valence-electron chi connectivity index (χ2n) is 5.70. The van der Waals surface area contributed by atoms with Crippen molar-refractivity contribution in [3.8, 4) is 5.88 Å². The van der Waals surface area contributed by atoms with Gasteiger partial charge < -0.3 is 15.2 Å². The summed E-state index contributed by atoms with van der Waals surface area (Å²) in [6.07, 6.45) is 4.13. The normalized spacial score (nSPS) is 15.5.